The van der Waals surface area contributed by atoms with Crippen molar-refractivity contribution >= 4 is 29.2 Å². The lowest BCUT2D eigenvalue weighted by atomic mass is 9.82. The monoisotopic (exact) mass is 336 g/mol. The molecule has 0 radical (unpaired) electrons. The Morgan fingerprint density at radius 1 is 1.39 bits per heavy atom. The Morgan fingerprint density at radius 2 is 2.13 bits per heavy atom. The molecule has 7 nitrogen and oxygen atoms in total. The fourth-order valence-corrected chi connectivity index (χ4v) is 3.88. The van der Waals surface area contributed by atoms with Crippen LogP contribution in [0.4, 0.5) is 4.79 Å². The highest BCUT2D eigenvalue weighted by Gasteiger charge is 2.51. The molecule has 3 rings (SSSR count). The second-order valence-electron chi connectivity index (χ2n) is 6.12. The van der Waals surface area contributed by atoms with Gasteiger partial charge in [-0.2, -0.15) is 0 Å². The summed E-state index contributed by atoms with van der Waals surface area (Å²) in [4.78, 5) is 42.0. The third kappa shape index (κ3) is 3.21. The Balaban J connectivity index is 1.57. The van der Waals surface area contributed by atoms with Gasteiger partial charge in [-0.25, -0.2) is 9.78 Å². The molecule has 0 unspecified atom stereocenters. The second kappa shape index (κ2) is 6.27. The van der Waals surface area contributed by atoms with Crippen molar-refractivity contribution in [2.75, 3.05) is 6.54 Å². The Hall–Kier alpha value is -1.96. The zero-order valence-corrected chi connectivity index (χ0v) is 13.9. The van der Waals surface area contributed by atoms with Crippen molar-refractivity contribution in [2.45, 2.75) is 51.1 Å². The number of nitrogens with one attached hydrogen (secondary N) is 2. The normalized spacial score (nSPS) is 20.0. The van der Waals surface area contributed by atoms with Crippen LogP contribution in [0.25, 0.3) is 0 Å². The molecule has 8 heteroatoms. The highest BCUT2D eigenvalue weighted by atomic mass is 32.1. The number of amides is 4. The molecule has 0 atom stereocenters. The molecule has 2 aliphatic rings. The van der Waals surface area contributed by atoms with Gasteiger partial charge in [-0.3, -0.25) is 14.5 Å². The number of hydrogen-bond donors (Lipinski definition) is 2. The number of rotatable bonds is 4. The van der Waals surface area contributed by atoms with Crippen LogP contribution in [0.2, 0.25) is 0 Å². The topological polar surface area (TPSA) is 91.4 Å². The van der Waals surface area contributed by atoms with E-state index in [2.05, 4.69) is 15.6 Å². The molecule has 2 N–H and O–H groups in total. The molecule has 23 heavy (non-hydrogen) atoms. The Morgan fingerprint density at radius 3 is 2.78 bits per heavy atom. The van der Waals surface area contributed by atoms with Crippen molar-refractivity contribution < 1.29 is 14.4 Å². The minimum absolute atomic E-state index is 0.239. The molecular weight excluding hydrogens is 316 g/mol. The van der Waals surface area contributed by atoms with E-state index in [9.17, 15) is 14.4 Å². The predicted octanol–water partition coefficient (Wildman–Crippen LogP) is 1.32. The first-order valence-corrected chi connectivity index (χ1v) is 8.70. The Kier molecular flexibility index (Phi) is 4.34. The summed E-state index contributed by atoms with van der Waals surface area (Å²) in [6.07, 6.45) is 4.26. The zero-order chi connectivity index (χ0) is 16.4. The first kappa shape index (κ1) is 15.9. The van der Waals surface area contributed by atoms with Crippen LogP contribution in [-0.2, 0) is 16.1 Å². The van der Waals surface area contributed by atoms with Gasteiger partial charge in [-0.1, -0.05) is 19.3 Å². The van der Waals surface area contributed by atoms with Crippen molar-refractivity contribution in [2.24, 2.45) is 0 Å². The number of thiazole rings is 1. The summed E-state index contributed by atoms with van der Waals surface area (Å²) in [6, 6.07) is -0.461. The average molecular weight is 336 g/mol. The van der Waals surface area contributed by atoms with Crippen LogP contribution in [0, 0.1) is 6.92 Å². The van der Waals surface area contributed by atoms with E-state index in [-0.39, 0.29) is 18.4 Å². The standard InChI is InChI=1S/C15H20N4O3S/c1-10-9-23-12(17-10)7-16-11(20)8-19-13(21)15(18-14(19)22)5-3-2-4-6-15/h9H,2-8H2,1H3,(H,16,20)(H,18,22). The molecular formula is C15H20N4O3S. The minimum Gasteiger partial charge on any atom is -0.348 e. The van der Waals surface area contributed by atoms with Gasteiger partial charge in [0.2, 0.25) is 5.91 Å². The van der Waals surface area contributed by atoms with E-state index in [4.69, 9.17) is 0 Å². The third-order valence-electron chi connectivity index (χ3n) is 4.36. The molecule has 1 aromatic rings. The van der Waals surface area contributed by atoms with Crippen molar-refractivity contribution in [3.8, 4) is 0 Å². The van der Waals surface area contributed by atoms with E-state index >= 15 is 0 Å². The van der Waals surface area contributed by atoms with E-state index in [1.54, 1.807) is 0 Å². The van der Waals surface area contributed by atoms with Crippen LogP contribution in [0.1, 0.15) is 42.8 Å². The first-order chi connectivity index (χ1) is 11.0. The second-order valence-corrected chi connectivity index (χ2v) is 7.07. The molecule has 1 aliphatic carbocycles. The number of hydrogen-bond acceptors (Lipinski definition) is 5. The van der Waals surface area contributed by atoms with Crippen LogP contribution in [0.3, 0.4) is 0 Å². The van der Waals surface area contributed by atoms with Crippen LogP contribution in [0.15, 0.2) is 5.38 Å². The molecule has 1 spiro atoms. The van der Waals surface area contributed by atoms with Crippen LogP contribution < -0.4 is 10.6 Å². The van der Waals surface area contributed by atoms with E-state index in [1.807, 2.05) is 12.3 Å². The predicted molar refractivity (Wildman–Crippen MR) is 84.8 cm³/mol. The summed E-state index contributed by atoms with van der Waals surface area (Å²) in [5.74, 6) is -0.614. The SMILES string of the molecule is Cc1csc(CNC(=O)CN2C(=O)NC3(CCCCC3)C2=O)n1. The van der Waals surface area contributed by atoms with Gasteiger partial charge in [-0.15, -0.1) is 11.3 Å². The largest absolute Gasteiger partial charge is 0.348 e. The van der Waals surface area contributed by atoms with Gasteiger partial charge in [0, 0.05) is 11.1 Å². The number of aromatic nitrogens is 1. The Labute approximate surface area is 138 Å². The van der Waals surface area contributed by atoms with Gasteiger partial charge >= 0.3 is 6.03 Å². The highest BCUT2D eigenvalue weighted by Crippen LogP contribution is 2.33. The van der Waals surface area contributed by atoms with Crippen molar-refractivity contribution in [3.63, 3.8) is 0 Å². The summed E-state index contributed by atoms with van der Waals surface area (Å²) in [7, 11) is 0. The fraction of sp³-hybridized carbons (Fsp3) is 0.600. The third-order valence-corrected chi connectivity index (χ3v) is 5.32. The average Bonchev–Trinajstić information content (AvgIpc) is 3.04. The number of carbonyl (C=O) groups is 3. The molecule has 1 saturated carbocycles. The number of carbonyl (C=O) groups excluding carboxylic acids is 3. The zero-order valence-electron chi connectivity index (χ0n) is 13.1. The molecule has 2 fully saturated rings. The summed E-state index contributed by atoms with van der Waals surface area (Å²) in [5.41, 5.74) is 0.134. The van der Waals surface area contributed by atoms with E-state index in [0.29, 0.717) is 19.4 Å². The van der Waals surface area contributed by atoms with Gasteiger partial charge in [0.05, 0.1) is 6.54 Å². The maximum absolute atomic E-state index is 12.6. The van der Waals surface area contributed by atoms with E-state index in [1.165, 1.54) is 11.3 Å². The molecule has 4 amide bonds. The quantitative estimate of drug-likeness (QED) is 0.811. The lowest BCUT2D eigenvalue weighted by Crippen LogP contribution is -2.49. The lowest BCUT2D eigenvalue weighted by molar-refractivity contribution is -0.135. The first-order valence-electron chi connectivity index (χ1n) is 7.82. The minimum atomic E-state index is -0.776. The van der Waals surface area contributed by atoms with Crippen LogP contribution >= 0.6 is 11.3 Å². The smallest absolute Gasteiger partial charge is 0.325 e. The molecule has 1 aromatic heterocycles. The number of urea groups is 1. The summed E-state index contributed by atoms with van der Waals surface area (Å²) >= 11 is 1.47. The fourth-order valence-electron chi connectivity index (χ4n) is 3.17. The van der Waals surface area contributed by atoms with Crippen LogP contribution in [0.5, 0.6) is 0 Å². The lowest BCUT2D eigenvalue weighted by Gasteiger charge is -2.30. The van der Waals surface area contributed by atoms with E-state index < -0.39 is 11.6 Å². The van der Waals surface area contributed by atoms with Gasteiger partial charge in [0.25, 0.3) is 5.91 Å². The van der Waals surface area contributed by atoms with Crippen molar-refractivity contribution in [1.82, 2.24) is 20.5 Å². The molecule has 1 aliphatic heterocycles. The maximum Gasteiger partial charge on any atom is 0.325 e. The van der Waals surface area contributed by atoms with Crippen LogP contribution in [-0.4, -0.2) is 39.8 Å². The molecule has 1 saturated heterocycles. The maximum atomic E-state index is 12.6. The molecule has 124 valence electrons. The van der Waals surface area contributed by atoms with Gasteiger partial charge < -0.3 is 10.6 Å². The van der Waals surface area contributed by atoms with E-state index in [0.717, 1.165) is 34.9 Å². The molecule has 0 bridgehead atoms. The van der Waals surface area contributed by atoms with Crippen molar-refractivity contribution in [3.05, 3.63) is 16.1 Å². The molecule has 0 aromatic carbocycles. The van der Waals surface area contributed by atoms with Gasteiger partial charge in [-0.05, 0) is 19.8 Å². The highest BCUT2D eigenvalue weighted by molar-refractivity contribution is 7.09. The van der Waals surface area contributed by atoms with Gasteiger partial charge in [0.15, 0.2) is 0 Å². The number of aryl methyl sites for hydroxylation is 1. The number of imide groups is 1. The number of nitrogens with zero attached hydrogens (tertiary/aromatic N) is 2. The van der Waals surface area contributed by atoms with Crippen molar-refractivity contribution in [1.29, 1.82) is 0 Å². The summed E-state index contributed by atoms with van der Waals surface area (Å²) in [6.45, 7) is 1.96. The van der Waals surface area contributed by atoms with Gasteiger partial charge in [0.1, 0.15) is 17.1 Å². The summed E-state index contributed by atoms with van der Waals surface area (Å²) in [5, 5.41) is 8.22. The Bertz CT molecular complexity index is 636. The molecule has 2 heterocycles. The summed E-state index contributed by atoms with van der Waals surface area (Å²) < 4.78 is 0.